The highest BCUT2D eigenvalue weighted by molar-refractivity contribution is 7.88. The average molecular weight is 380 g/mol. The second kappa shape index (κ2) is 8.09. The van der Waals surface area contributed by atoms with Crippen LogP contribution in [0.2, 0.25) is 0 Å². The van der Waals surface area contributed by atoms with E-state index < -0.39 is 10.0 Å². The first-order valence-corrected chi connectivity index (χ1v) is 10.6. The number of sulfonamides is 1. The van der Waals surface area contributed by atoms with E-state index in [1.165, 1.54) is 0 Å². The van der Waals surface area contributed by atoms with Crippen molar-refractivity contribution in [1.29, 1.82) is 0 Å². The summed E-state index contributed by atoms with van der Waals surface area (Å²) in [5.74, 6) is 1.35. The molecule has 2 aliphatic rings. The molecule has 26 heavy (non-hydrogen) atoms. The lowest BCUT2D eigenvalue weighted by Gasteiger charge is -2.31. The van der Waals surface area contributed by atoms with Crippen molar-refractivity contribution in [1.82, 2.24) is 9.62 Å². The van der Waals surface area contributed by atoms with Gasteiger partial charge in [0.15, 0.2) is 11.5 Å². The van der Waals surface area contributed by atoms with Crippen LogP contribution in [0.5, 0.6) is 11.5 Å². The van der Waals surface area contributed by atoms with Crippen LogP contribution < -0.4 is 14.2 Å². The van der Waals surface area contributed by atoms with Crippen LogP contribution in [-0.4, -0.2) is 57.8 Å². The number of benzene rings is 1. The molecular formula is C18H24N2O5S. The van der Waals surface area contributed by atoms with Gasteiger partial charge in [-0.25, -0.2) is 13.1 Å². The van der Waals surface area contributed by atoms with Gasteiger partial charge in [0, 0.05) is 31.6 Å². The molecule has 1 N–H and O–H groups in total. The third kappa shape index (κ3) is 5.22. The standard InChI is InChI=1S/C18H24N2O5S/c1-26(22,23)19-15-7-9-20(10-8-15)18(21)6-4-14-3-5-16-17(13-14)25-12-2-11-24-16/h3-6,13,15,19H,2,7-12H2,1H3/b6-4+. The van der Waals surface area contributed by atoms with E-state index in [0.29, 0.717) is 44.9 Å². The molecule has 1 amide bonds. The first-order chi connectivity index (χ1) is 12.4. The maximum absolute atomic E-state index is 12.4. The molecule has 1 aromatic carbocycles. The maximum Gasteiger partial charge on any atom is 0.246 e. The molecule has 0 aliphatic carbocycles. The molecule has 7 nitrogen and oxygen atoms in total. The molecular weight excluding hydrogens is 356 g/mol. The molecule has 0 unspecified atom stereocenters. The number of hydrogen-bond acceptors (Lipinski definition) is 5. The zero-order chi connectivity index (χ0) is 18.6. The molecule has 2 aliphatic heterocycles. The van der Waals surface area contributed by atoms with Gasteiger partial charge >= 0.3 is 0 Å². The number of hydrogen-bond donors (Lipinski definition) is 1. The number of rotatable bonds is 4. The van der Waals surface area contributed by atoms with Gasteiger partial charge in [0.1, 0.15) is 0 Å². The first-order valence-electron chi connectivity index (χ1n) is 8.75. The lowest BCUT2D eigenvalue weighted by atomic mass is 10.1. The summed E-state index contributed by atoms with van der Waals surface area (Å²) in [5.41, 5.74) is 0.872. The lowest BCUT2D eigenvalue weighted by Crippen LogP contribution is -2.45. The molecule has 0 spiro atoms. The fourth-order valence-corrected chi connectivity index (χ4v) is 3.92. The minimum Gasteiger partial charge on any atom is -0.490 e. The Labute approximate surface area is 154 Å². The van der Waals surface area contributed by atoms with E-state index in [9.17, 15) is 13.2 Å². The van der Waals surface area contributed by atoms with Gasteiger partial charge in [0.25, 0.3) is 0 Å². The molecule has 8 heteroatoms. The topological polar surface area (TPSA) is 84.9 Å². The largest absolute Gasteiger partial charge is 0.490 e. The van der Waals surface area contributed by atoms with Gasteiger partial charge in [-0.05, 0) is 36.6 Å². The normalized spacial score (nSPS) is 18.7. The lowest BCUT2D eigenvalue weighted by molar-refractivity contribution is -0.126. The monoisotopic (exact) mass is 380 g/mol. The number of fused-ring (bicyclic) bond motifs is 1. The van der Waals surface area contributed by atoms with E-state index in [4.69, 9.17) is 9.47 Å². The molecule has 0 aromatic heterocycles. The summed E-state index contributed by atoms with van der Waals surface area (Å²) in [7, 11) is -3.21. The Bertz CT molecular complexity index is 783. The smallest absolute Gasteiger partial charge is 0.246 e. The molecule has 1 aromatic rings. The Morgan fingerprint density at radius 3 is 2.58 bits per heavy atom. The molecule has 0 atom stereocenters. The van der Waals surface area contributed by atoms with Crippen LogP contribution in [0.1, 0.15) is 24.8 Å². The van der Waals surface area contributed by atoms with Crippen molar-refractivity contribution in [2.45, 2.75) is 25.3 Å². The van der Waals surface area contributed by atoms with Crippen molar-refractivity contribution in [3.63, 3.8) is 0 Å². The summed E-state index contributed by atoms with van der Waals surface area (Å²) in [6.07, 6.45) is 6.56. The maximum atomic E-state index is 12.4. The second-order valence-electron chi connectivity index (χ2n) is 6.58. The Kier molecular flexibility index (Phi) is 5.83. The van der Waals surface area contributed by atoms with Gasteiger partial charge in [-0.1, -0.05) is 6.07 Å². The highest BCUT2D eigenvalue weighted by Crippen LogP contribution is 2.30. The van der Waals surface area contributed by atoms with Gasteiger partial charge < -0.3 is 14.4 Å². The number of piperidine rings is 1. The van der Waals surface area contributed by atoms with Gasteiger partial charge in [-0.3, -0.25) is 4.79 Å². The third-order valence-corrected chi connectivity index (χ3v) is 5.14. The zero-order valence-corrected chi connectivity index (χ0v) is 15.6. The number of nitrogens with zero attached hydrogens (tertiary/aromatic N) is 1. The highest BCUT2D eigenvalue weighted by Gasteiger charge is 2.23. The van der Waals surface area contributed by atoms with Crippen LogP contribution >= 0.6 is 0 Å². The van der Waals surface area contributed by atoms with Crippen molar-refractivity contribution in [3.8, 4) is 11.5 Å². The fraction of sp³-hybridized carbons (Fsp3) is 0.500. The van der Waals surface area contributed by atoms with E-state index in [1.807, 2.05) is 18.2 Å². The number of amides is 1. The molecule has 0 radical (unpaired) electrons. The van der Waals surface area contributed by atoms with Crippen LogP contribution in [0.4, 0.5) is 0 Å². The van der Waals surface area contributed by atoms with Gasteiger partial charge in [0.05, 0.1) is 19.5 Å². The molecule has 0 bridgehead atoms. The van der Waals surface area contributed by atoms with E-state index in [1.54, 1.807) is 17.1 Å². The summed E-state index contributed by atoms with van der Waals surface area (Å²) in [5, 5.41) is 0. The summed E-state index contributed by atoms with van der Waals surface area (Å²) >= 11 is 0. The van der Waals surface area contributed by atoms with Crippen molar-refractivity contribution >= 4 is 22.0 Å². The summed E-state index contributed by atoms with van der Waals surface area (Å²) in [4.78, 5) is 14.1. The number of ether oxygens (including phenoxy) is 2. The van der Waals surface area contributed by atoms with Crippen molar-refractivity contribution in [3.05, 3.63) is 29.8 Å². The van der Waals surface area contributed by atoms with E-state index >= 15 is 0 Å². The Morgan fingerprint density at radius 2 is 1.88 bits per heavy atom. The minimum absolute atomic E-state index is 0.0742. The molecule has 2 heterocycles. The van der Waals surface area contributed by atoms with E-state index in [2.05, 4.69) is 4.72 Å². The number of carbonyl (C=O) groups is 1. The second-order valence-corrected chi connectivity index (χ2v) is 8.36. The van der Waals surface area contributed by atoms with Crippen LogP contribution in [0.25, 0.3) is 6.08 Å². The van der Waals surface area contributed by atoms with Crippen molar-refractivity contribution in [2.75, 3.05) is 32.6 Å². The van der Waals surface area contributed by atoms with Crippen LogP contribution in [0, 0.1) is 0 Å². The molecule has 0 saturated carbocycles. The van der Waals surface area contributed by atoms with Crippen LogP contribution in [-0.2, 0) is 14.8 Å². The molecule has 1 fully saturated rings. The first kappa shape index (κ1) is 18.7. The zero-order valence-electron chi connectivity index (χ0n) is 14.8. The average Bonchev–Trinajstić information content (AvgIpc) is 2.83. The van der Waals surface area contributed by atoms with Gasteiger partial charge in [0.2, 0.25) is 15.9 Å². The fourth-order valence-electron chi connectivity index (χ4n) is 3.08. The number of nitrogens with one attached hydrogen (secondary N) is 1. The Hall–Kier alpha value is -2.06. The quantitative estimate of drug-likeness (QED) is 0.798. The summed E-state index contributed by atoms with van der Waals surface area (Å²) < 4.78 is 36.4. The summed E-state index contributed by atoms with van der Waals surface area (Å²) in [6, 6.07) is 5.51. The molecule has 142 valence electrons. The third-order valence-electron chi connectivity index (χ3n) is 4.38. The van der Waals surface area contributed by atoms with Gasteiger partial charge in [-0.2, -0.15) is 0 Å². The Morgan fingerprint density at radius 1 is 1.19 bits per heavy atom. The van der Waals surface area contributed by atoms with Crippen molar-refractivity contribution < 1.29 is 22.7 Å². The van der Waals surface area contributed by atoms with Crippen LogP contribution in [0.3, 0.4) is 0 Å². The van der Waals surface area contributed by atoms with E-state index in [0.717, 1.165) is 24.0 Å². The predicted molar refractivity (Wildman–Crippen MR) is 98.7 cm³/mol. The van der Waals surface area contributed by atoms with Crippen molar-refractivity contribution in [2.24, 2.45) is 0 Å². The molecule has 1 saturated heterocycles. The van der Waals surface area contributed by atoms with E-state index in [-0.39, 0.29) is 11.9 Å². The van der Waals surface area contributed by atoms with Crippen LogP contribution in [0.15, 0.2) is 24.3 Å². The minimum atomic E-state index is -3.21. The molecule has 3 rings (SSSR count). The Balaban J connectivity index is 1.56. The van der Waals surface area contributed by atoms with Gasteiger partial charge in [-0.15, -0.1) is 0 Å². The number of carbonyl (C=O) groups excluding carboxylic acids is 1. The SMILES string of the molecule is CS(=O)(=O)NC1CCN(C(=O)/C=C/c2ccc3c(c2)OCCCO3)CC1. The summed E-state index contributed by atoms with van der Waals surface area (Å²) in [6.45, 7) is 2.34. The highest BCUT2D eigenvalue weighted by atomic mass is 32.2. The predicted octanol–water partition coefficient (Wildman–Crippen LogP) is 1.40. The number of likely N-dealkylation sites (tertiary alicyclic amines) is 1.